The maximum Gasteiger partial charge on any atom is 0.323 e. The van der Waals surface area contributed by atoms with Crippen LogP contribution in [0.2, 0.25) is 10.1 Å². The van der Waals surface area contributed by atoms with Crippen molar-refractivity contribution in [2.45, 2.75) is 43.7 Å². The summed E-state index contributed by atoms with van der Waals surface area (Å²) in [5, 5.41) is 5.80. The van der Waals surface area contributed by atoms with Crippen molar-refractivity contribution in [2.24, 2.45) is 0 Å². The first kappa shape index (κ1) is 30.4. The minimum atomic E-state index is -3.49. The minimum Gasteiger partial charge on any atom is -0.401 e. The van der Waals surface area contributed by atoms with Crippen molar-refractivity contribution >= 4 is 62.6 Å². The van der Waals surface area contributed by atoms with Gasteiger partial charge in [0.25, 0.3) is 8.32 Å². The van der Waals surface area contributed by atoms with Gasteiger partial charge in [0.05, 0.1) is 26.6 Å². The molecular weight excluding hydrogens is 606 g/mol. The summed E-state index contributed by atoms with van der Waals surface area (Å²) in [5.74, 6) is 0. The summed E-state index contributed by atoms with van der Waals surface area (Å²) in [6.45, 7) is 9.50. The summed E-state index contributed by atoms with van der Waals surface area (Å²) in [6.07, 6.45) is 1.03. The van der Waals surface area contributed by atoms with E-state index in [1.165, 1.54) is 21.7 Å². The average Bonchev–Trinajstić information content (AvgIpc) is 3.27. The lowest BCUT2D eigenvalue weighted by Gasteiger charge is -2.49. The number of rotatable bonds is 7. The number of benzene rings is 3. The lowest BCUT2D eigenvalue weighted by molar-refractivity contribution is 0.0422. The maximum atomic E-state index is 13.2. The van der Waals surface area contributed by atoms with Crippen molar-refractivity contribution < 1.29 is 17.6 Å². The fraction of sp³-hybridized carbons (Fsp3) is 0.290. The molecule has 2 heterocycles. The van der Waals surface area contributed by atoms with Crippen LogP contribution >= 0.6 is 22.9 Å². The Morgan fingerprint density at radius 3 is 2.12 bits per heavy atom. The summed E-state index contributed by atoms with van der Waals surface area (Å²) in [5.41, 5.74) is 1.37. The van der Waals surface area contributed by atoms with Crippen LogP contribution < -0.4 is 15.7 Å². The van der Waals surface area contributed by atoms with E-state index in [1.807, 2.05) is 19.1 Å². The zero-order valence-electron chi connectivity index (χ0n) is 24.2. The first-order valence-corrected chi connectivity index (χ1v) is 18.6. The molecule has 5 rings (SSSR count). The van der Waals surface area contributed by atoms with E-state index >= 15 is 0 Å². The highest BCUT2D eigenvalue weighted by Crippen LogP contribution is 2.39. The van der Waals surface area contributed by atoms with Crippen LogP contribution in [0.4, 0.5) is 9.93 Å². The number of anilines is 1. The second-order valence-electron chi connectivity index (χ2n) is 11.6. The number of sulfone groups is 1. The molecule has 0 bridgehead atoms. The fourth-order valence-corrected chi connectivity index (χ4v) is 12.4. The third-order valence-corrected chi connectivity index (χ3v) is 15.3. The third kappa shape index (κ3) is 5.91. The molecule has 0 spiro atoms. The predicted molar refractivity (Wildman–Crippen MR) is 173 cm³/mol. The molecule has 1 aliphatic heterocycles. The second kappa shape index (κ2) is 11.6. The van der Waals surface area contributed by atoms with Gasteiger partial charge in [0.15, 0.2) is 15.0 Å². The maximum absolute atomic E-state index is 13.2. The average molecular weight is 640 g/mol. The Kier molecular flexibility index (Phi) is 8.39. The molecule has 0 aliphatic carbocycles. The highest BCUT2D eigenvalue weighted by molar-refractivity contribution is 7.90. The van der Waals surface area contributed by atoms with Crippen molar-refractivity contribution in [3.05, 3.63) is 89.6 Å². The van der Waals surface area contributed by atoms with Crippen LogP contribution in [0.25, 0.3) is 10.4 Å². The van der Waals surface area contributed by atoms with Gasteiger partial charge in [0.1, 0.15) is 0 Å². The number of aromatic nitrogens is 1. The van der Waals surface area contributed by atoms with Crippen molar-refractivity contribution in [3.63, 3.8) is 0 Å². The molecule has 220 valence electrons. The van der Waals surface area contributed by atoms with Gasteiger partial charge in [0.2, 0.25) is 0 Å². The van der Waals surface area contributed by atoms with Gasteiger partial charge in [-0.3, -0.25) is 5.32 Å². The quantitative estimate of drug-likeness (QED) is 0.252. The summed E-state index contributed by atoms with van der Waals surface area (Å²) < 4.78 is 31.4. The van der Waals surface area contributed by atoms with E-state index in [2.05, 4.69) is 79.6 Å². The molecule has 4 aromatic rings. The van der Waals surface area contributed by atoms with E-state index in [-0.39, 0.29) is 27.1 Å². The van der Waals surface area contributed by atoms with Gasteiger partial charge in [-0.15, -0.1) is 0 Å². The highest BCUT2D eigenvalue weighted by Gasteiger charge is 2.53. The van der Waals surface area contributed by atoms with Crippen LogP contribution in [-0.4, -0.2) is 58.1 Å². The van der Waals surface area contributed by atoms with Gasteiger partial charge in [-0.2, -0.15) is 0 Å². The van der Waals surface area contributed by atoms with Crippen LogP contribution in [0.1, 0.15) is 26.5 Å². The van der Waals surface area contributed by atoms with Crippen molar-refractivity contribution in [2.75, 3.05) is 24.7 Å². The second-order valence-corrected chi connectivity index (χ2v) is 19.2. The predicted octanol–water partition coefficient (Wildman–Crippen LogP) is 5.97. The topological polar surface area (TPSA) is 88.6 Å². The number of urea groups is 1. The van der Waals surface area contributed by atoms with Crippen LogP contribution in [0.5, 0.6) is 0 Å². The highest BCUT2D eigenvalue weighted by atomic mass is 35.5. The Morgan fingerprint density at radius 1 is 1.02 bits per heavy atom. The van der Waals surface area contributed by atoms with E-state index in [0.29, 0.717) is 29.5 Å². The van der Waals surface area contributed by atoms with E-state index < -0.39 is 18.2 Å². The number of nitrogens with one attached hydrogen (secondary N) is 1. The smallest absolute Gasteiger partial charge is 0.323 e. The van der Waals surface area contributed by atoms with Crippen LogP contribution in [-0.2, 0) is 14.3 Å². The lowest BCUT2D eigenvalue weighted by Crippen LogP contribution is -2.71. The van der Waals surface area contributed by atoms with Crippen LogP contribution in [0.15, 0.2) is 83.8 Å². The Labute approximate surface area is 257 Å². The number of hydrogen-bond donors (Lipinski definition) is 1. The first-order chi connectivity index (χ1) is 19.8. The molecule has 0 saturated carbocycles. The molecular formula is C31H34ClN3O4S2Si. The molecule has 0 radical (unpaired) electrons. The fourth-order valence-electron chi connectivity index (χ4n) is 5.44. The number of aryl methyl sites for hydroxylation is 1. The standard InChI is InChI=1S/C31H34ClN3O4S2Si/c1-21-28(22-16-17-26(32)27(18-22)41(5,37)38)40-29(33-21)34-30(36)35-19-23(20-35)39-42(31(2,3)4,24-12-8-6-9-13-24)25-14-10-7-11-15-25/h6-18,23H,19-20H2,1-5H3,(H,33,34,36). The Hall–Kier alpha value is -3.02. The number of carbonyl (C=O) groups is 1. The number of likely N-dealkylation sites (tertiary alicyclic amines) is 1. The summed E-state index contributed by atoms with van der Waals surface area (Å²) in [6, 6.07) is 25.6. The first-order valence-electron chi connectivity index (χ1n) is 13.6. The number of nitrogens with zero attached hydrogens (tertiary/aromatic N) is 2. The molecule has 7 nitrogen and oxygen atoms in total. The number of carbonyl (C=O) groups excluding carboxylic acids is 1. The summed E-state index contributed by atoms with van der Waals surface area (Å²) in [4.78, 5) is 20.3. The normalized spacial score (nSPS) is 14.5. The molecule has 1 fully saturated rings. The zero-order chi connectivity index (χ0) is 30.3. The summed E-state index contributed by atoms with van der Waals surface area (Å²) in [7, 11) is -6.20. The molecule has 1 aliphatic rings. The third-order valence-electron chi connectivity index (χ3n) is 7.50. The molecule has 11 heteroatoms. The Bertz CT molecular complexity index is 1660. The molecule has 0 unspecified atom stereocenters. The van der Waals surface area contributed by atoms with Gasteiger partial charge >= 0.3 is 6.03 Å². The van der Waals surface area contributed by atoms with Crippen molar-refractivity contribution in [1.82, 2.24) is 9.88 Å². The molecule has 2 amide bonds. The Morgan fingerprint density at radius 2 is 1.60 bits per heavy atom. The van der Waals surface area contributed by atoms with E-state index in [9.17, 15) is 13.2 Å². The largest absolute Gasteiger partial charge is 0.401 e. The van der Waals surface area contributed by atoms with Gasteiger partial charge in [-0.25, -0.2) is 18.2 Å². The number of amides is 2. The molecule has 3 aromatic carbocycles. The van der Waals surface area contributed by atoms with Crippen molar-refractivity contribution in [3.8, 4) is 10.4 Å². The van der Waals surface area contributed by atoms with Crippen LogP contribution in [0, 0.1) is 6.92 Å². The zero-order valence-corrected chi connectivity index (χ0v) is 27.6. The number of halogens is 1. The van der Waals surface area contributed by atoms with Gasteiger partial charge < -0.3 is 9.33 Å². The van der Waals surface area contributed by atoms with E-state index in [0.717, 1.165) is 11.1 Å². The monoisotopic (exact) mass is 639 g/mol. The van der Waals surface area contributed by atoms with Gasteiger partial charge in [0, 0.05) is 19.3 Å². The van der Waals surface area contributed by atoms with Gasteiger partial charge in [-0.1, -0.05) is 110 Å². The van der Waals surface area contributed by atoms with Crippen molar-refractivity contribution in [1.29, 1.82) is 0 Å². The lowest BCUT2D eigenvalue weighted by atomic mass is 10.2. The minimum absolute atomic E-state index is 0.0626. The molecule has 1 saturated heterocycles. The van der Waals surface area contributed by atoms with E-state index in [1.54, 1.807) is 23.1 Å². The van der Waals surface area contributed by atoms with Gasteiger partial charge in [-0.05, 0) is 40.0 Å². The molecule has 1 aromatic heterocycles. The number of thiazole rings is 1. The molecule has 1 N–H and O–H groups in total. The SMILES string of the molecule is Cc1nc(NC(=O)N2CC(O[Si](c3ccccc3)(c3ccccc3)C(C)(C)C)C2)sc1-c1ccc(Cl)c(S(C)(=O)=O)c1. The van der Waals surface area contributed by atoms with Crippen LogP contribution in [0.3, 0.4) is 0 Å². The molecule has 42 heavy (non-hydrogen) atoms. The number of hydrogen-bond acceptors (Lipinski definition) is 6. The van der Waals surface area contributed by atoms with E-state index in [4.69, 9.17) is 16.0 Å². The Balaban J connectivity index is 1.32. The summed E-state index contributed by atoms with van der Waals surface area (Å²) >= 11 is 7.42. The molecule has 0 atom stereocenters.